The molecule has 2 atom stereocenters. The van der Waals surface area contributed by atoms with Gasteiger partial charge in [0.1, 0.15) is 0 Å². The Labute approximate surface area is 102 Å². The van der Waals surface area contributed by atoms with E-state index in [0.29, 0.717) is 11.0 Å². The van der Waals surface area contributed by atoms with Crippen LogP contribution in [0.15, 0.2) is 0 Å². The van der Waals surface area contributed by atoms with Crippen molar-refractivity contribution in [3.8, 4) is 0 Å². The predicted octanol–water partition coefficient (Wildman–Crippen LogP) is 4.08. The van der Waals surface area contributed by atoms with E-state index >= 15 is 0 Å². The lowest BCUT2D eigenvalue weighted by atomic mass is 9.59. The van der Waals surface area contributed by atoms with Crippen LogP contribution in [0.5, 0.6) is 0 Å². The topological polar surface area (TPSA) is 3.24 Å². The SMILES string of the molecule is CC[C@H]1C(C)(C)CCC[C@@]1(C)N1CCCC1. The highest BCUT2D eigenvalue weighted by Crippen LogP contribution is 2.50. The second-order valence-corrected chi connectivity index (χ2v) is 6.85. The van der Waals surface area contributed by atoms with Crippen molar-refractivity contribution in [3.63, 3.8) is 0 Å². The summed E-state index contributed by atoms with van der Waals surface area (Å²) in [6.07, 6.45) is 8.47. The third-order valence-corrected chi connectivity index (χ3v) is 5.43. The quantitative estimate of drug-likeness (QED) is 0.682. The summed E-state index contributed by atoms with van der Waals surface area (Å²) in [5.74, 6) is 0.881. The van der Waals surface area contributed by atoms with Gasteiger partial charge in [0.2, 0.25) is 0 Å². The summed E-state index contributed by atoms with van der Waals surface area (Å²) in [5.41, 5.74) is 1.04. The van der Waals surface area contributed by atoms with Crippen molar-refractivity contribution in [3.05, 3.63) is 0 Å². The van der Waals surface area contributed by atoms with Crippen molar-refractivity contribution in [2.24, 2.45) is 11.3 Å². The largest absolute Gasteiger partial charge is 0.298 e. The molecule has 1 aliphatic carbocycles. The molecule has 0 unspecified atom stereocenters. The van der Waals surface area contributed by atoms with Gasteiger partial charge < -0.3 is 0 Å². The summed E-state index contributed by atoms with van der Waals surface area (Å²) in [7, 11) is 0. The molecule has 16 heavy (non-hydrogen) atoms. The molecule has 2 rings (SSSR count). The first-order valence-electron chi connectivity index (χ1n) is 7.26. The van der Waals surface area contributed by atoms with Crippen molar-refractivity contribution in [1.29, 1.82) is 0 Å². The molecule has 0 N–H and O–H groups in total. The fraction of sp³-hybridized carbons (Fsp3) is 1.00. The van der Waals surface area contributed by atoms with Crippen molar-refractivity contribution in [2.45, 2.75) is 71.8 Å². The number of hydrogen-bond acceptors (Lipinski definition) is 1. The van der Waals surface area contributed by atoms with Crippen LogP contribution in [0.2, 0.25) is 0 Å². The number of hydrogen-bond donors (Lipinski definition) is 0. The van der Waals surface area contributed by atoms with Crippen LogP contribution in [-0.4, -0.2) is 23.5 Å². The molecule has 0 radical (unpaired) electrons. The van der Waals surface area contributed by atoms with Gasteiger partial charge >= 0.3 is 0 Å². The minimum atomic E-state index is 0.493. The first-order valence-corrected chi connectivity index (χ1v) is 7.26. The van der Waals surface area contributed by atoms with Crippen LogP contribution in [0.25, 0.3) is 0 Å². The van der Waals surface area contributed by atoms with Crippen LogP contribution in [0.4, 0.5) is 0 Å². The molecular formula is C15H29N. The Morgan fingerprint density at radius 2 is 1.62 bits per heavy atom. The summed E-state index contributed by atoms with van der Waals surface area (Å²) >= 11 is 0. The van der Waals surface area contributed by atoms with Gasteiger partial charge in [-0.15, -0.1) is 0 Å². The van der Waals surface area contributed by atoms with E-state index in [4.69, 9.17) is 0 Å². The third kappa shape index (κ3) is 1.92. The Morgan fingerprint density at radius 1 is 1.00 bits per heavy atom. The van der Waals surface area contributed by atoms with Crippen molar-refractivity contribution in [1.82, 2.24) is 4.90 Å². The standard InChI is InChI=1S/C15H29N/c1-5-13-14(2,3)9-8-10-15(13,4)16-11-6-7-12-16/h13H,5-12H2,1-4H3/t13-,15+/m0/s1. The minimum absolute atomic E-state index is 0.493. The second-order valence-electron chi connectivity index (χ2n) is 6.85. The Kier molecular flexibility index (Phi) is 3.36. The van der Waals surface area contributed by atoms with Gasteiger partial charge in [-0.2, -0.15) is 0 Å². The number of nitrogens with zero attached hydrogens (tertiary/aromatic N) is 1. The van der Waals surface area contributed by atoms with E-state index in [9.17, 15) is 0 Å². The van der Waals surface area contributed by atoms with Gasteiger partial charge in [-0.1, -0.05) is 33.6 Å². The summed E-state index contributed by atoms with van der Waals surface area (Å²) in [6.45, 7) is 12.6. The van der Waals surface area contributed by atoms with E-state index < -0.39 is 0 Å². The van der Waals surface area contributed by atoms with Gasteiger partial charge in [0.15, 0.2) is 0 Å². The molecule has 1 saturated heterocycles. The Hall–Kier alpha value is -0.0400. The maximum atomic E-state index is 2.81. The Balaban J connectivity index is 2.22. The summed E-state index contributed by atoms with van der Waals surface area (Å²) in [4.78, 5) is 2.81. The molecule has 1 nitrogen and oxygen atoms in total. The Morgan fingerprint density at radius 3 is 2.19 bits per heavy atom. The molecule has 0 aromatic heterocycles. The lowest BCUT2D eigenvalue weighted by Gasteiger charge is -2.55. The molecular weight excluding hydrogens is 194 g/mol. The van der Waals surface area contributed by atoms with Crippen LogP contribution in [0, 0.1) is 11.3 Å². The molecule has 1 saturated carbocycles. The monoisotopic (exact) mass is 223 g/mol. The average molecular weight is 223 g/mol. The highest BCUT2D eigenvalue weighted by Gasteiger charge is 2.48. The summed E-state index contributed by atoms with van der Waals surface area (Å²) in [5, 5.41) is 0. The van der Waals surface area contributed by atoms with E-state index in [1.54, 1.807) is 0 Å². The molecule has 0 aromatic carbocycles. The first kappa shape index (κ1) is 12.4. The molecule has 1 heterocycles. The highest BCUT2D eigenvalue weighted by molar-refractivity contribution is 5.02. The molecule has 0 aromatic rings. The lowest BCUT2D eigenvalue weighted by molar-refractivity contribution is -0.0406. The zero-order chi connectivity index (χ0) is 11.8. The smallest absolute Gasteiger partial charge is 0.0214 e. The van der Waals surface area contributed by atoms with Crippen LogP contribution in [0.1, 0.15) is 66.2 Å². The minimum Gasteiger partial charge on any atom is -0.298 e. The van der Waals surface area contributed by atoms with E-state index in [1.807, 2.05) is 0 Å². The molecule has 94 valence electrons. The average Bonchev–Trinajstić information content (AvgIpc) is 2.69. The van der Waals surface area contributed by atoms with Gasteiger partial charge in [-0.3, -0.25) is 4.90 Å². The van der Waals surface area contributed by atoms with Gasteiger partial charge in [-0.05, 0) is 57.0 Å². The zero-order valence-electron chi connectivity index (χ0n) is 11.7. The van der Waals surface area contributed by atoms with Crippen molar-refractivity contribution < 1.29 is 0 Å². The van der Waals surface area contributed by atoms with E-state index in [-0.39, 0.29) is 0 Å². The molecule has 0 amide bonds. The number of likely N-dealkylation sites (tertiary alicyclic amines) is 1. The van der Waals surface area contributed by atoms with Crippen molar-refractivity contribution in [2.75, 3.05) is 13.1 Å². The van der Waals surface area contributed by atoms with E-state index in [0.717, 1.165) is 5.92 Å². The summed E-state index contributed by atoms with van der Waals surface area (Å²) in [6, 6.07) is 0. The molecule has 1 aliphatic heterocycles. The van der Waals surface area contributed by atoms with Gasteiger partial charge in [0, 0.05) is 5.54 Å². The molecule has 0 spiro atoms. The van der Waals surface area contributed by atoms with Gasteiger partial charge in [0.25, 0.3) is 0 Å². The van der Waals surface area contributed by atoms with Crippen molar-refractivity contribution >= 4 is 0 Å². The van der Waals surface area contributed by atoms with Crippen LogP contribution < -0.4 is 0 Å². The van der Waals surface area contributed by atoms with Gasteiger partial charge in [-0.25, -0.2) is 0 Å². The molecule has 1 heteroatoms. The molecule has 2 fully saturated rings. The second kappa shape index (κ2) is 4.33. The maximum absolute atomic E-state index is 2.81. The molecule has 2 aliphatic rings. The highest BCUT2D eigenvalue weighted by atomic mass is 15.2. The fourth-order valence-corrected chi connectivity index (χ4v) is 4.69. The summed E-state index contributed by atoms with van der Waals surface area (Å²) < 4.78 is 0. The first-order chi connectivity index (χ1) is 7.50. The molecule has 0 bridgehead atoms. The predicted molar refractivity (Wildman–Crippen MR) is 70.6 cm³/mol. The fourth-order valence-electron chi connectivity index (χ4n) is 4.69. The van der Waals surface area contributed by atoms with E-state index in [2.05, 4.69) is 32.6 Å². The van der Waals surface area contributed by atoms with Gasteiger partial charge in [0.05, 0.1) is 0 Å². The van der Waals surface area contributed by atoms with E-state index in [1.165, 1.54) is 51.6 Å². The number of rotatable bonds is 2. The zero-order valence-corrected chi connectivity index (χ0v) is 11.7. The van der Waals surface area contributed by atoms with Crippen LogP contribution in [0.3, 0.4) is 0 Å². The maximum Gasteiger partial charge on any atom is 0.0214 e. The normalized spacial score (nSPS) is 40.1. The lowest BCUT2D eigenvalue weighted by Crippen LogP contribution is -2.56. The third-order valence-electron chi connectivity index (χ3n) is 5.43. The Bertz CT molecular complexity index is 240. The van der Waals surface area contributed by atoms with Crippen LogP contribution in [-0.2, 0) is 0 Å². The van der Waals surface area contributed by atoms with Crippen LogP contribution >= 0.6 is 0 Å².